The van der Waals surface area contributed by atoms with E-state index in [4.69, 9.17) is 0 Å². The molecule has 1 N–H and O–H groups in total. The lowest BCUT2D eigenvalue weighted by molar-refractivity contribution is -0.0163. The largest absolute Gasteiger partial charge is 0.385 e. The van der Waals surface area contributed by atoms with E-state index in [0.717, 1.165) is 24.8 Å². The van der Waals surface area contributed by atoms with Crippen LogP contribution in [0.5, 0.6) is 0 Å². The van der Waals surface area contributed by atoms with Crippen molar-refractivity contribution in [1.82, 2.24) is 0 Å². The maximum absolute atomic E-state index is 10.3. The molecular formula is C11H20O. The van der Waals surface area contributed by atoms with Gasteiger partial charge in [-0.3, -0.25) is 0 Å². The van der Waals surface area contributed by atoms with E-state index < -0.39 is 5.60 Å². The minimum Gasteiger partial charge on any atom is -0.385 e. The molecule has 0 aromatic heterocycles. The van der Waals surface area contributed by atoms with E-state index in [1.54, 1.807) is 0 Å². The molecule has 1 fully saturated rings. The Labute approximate surface area is 75.5 Å². The molecule has 0 amide bonds. The molecule has 0 aromatic rings. The molecule has 1 saturated carbocycles. The van der Waals surface area contributed by atoms with Gasteiger partial charge in [0, 0.05) is 0 Å². The van der Waals surface area contributed by atoms with Crippen LogP contribution in [0.1, 0.15) is 46.0 Å². The van der Waals surface area contributed by atoms with Gasteiger partial charge in [-0.25, -0.2) is 0 Å². The van der Waals surface area contributed by atoms with E-state index in [1.807, 2.05) is 6.92 Å². The molecule has 2 unspecified atom stereocenters. The van der Waals surface area contributed by atoms with E-state index in [2.05, 4.69) is 13.5 Å². The lowest BCUT2D eigenvalue weighted by atomic mass is 9.71. The number of aliphatic hydroxyl groups is 1. The molecule has 0 saturated heterocycles. The van der Waals surface area contributed by atoms with Gasteiger partial charge in [0.1, 0.15) is 0 Å². The van der Waals surface area contributed by atoms with Crippen LogP contribution in [0.15, 0.2) is 12.2 Å². The summed E-state index contributed by atoms with van der Waals surface area (Å²) in [5.74, 6) is 0.448. The summed E-state index contributed by atoms with van der Waals surface area (Å²) in [6.07, 6.45) is 5.58. The average molecular weight is 168 g/mol. The Bertz CT molecular complexity index is 174. The SMILES string of the molecule is C=C(C)C1(O)CCCCC1CC. The standard InChI is InChI=1S/C11H20O/c1-4-10-7-5-6-8-11(10,12)9(2)3/h10,12H,2,4-8H2,1,3H3. The summed E-state index contributed by atoms with van der Waals surface area (Å²) in [4.78, 5) is 0. The third kappa shape index (κ3) is 1.56. The summed E-state index contributed by atoms with van der Waals surface area (Å²) in [6.45, 7) is 8.01. The average Bonchev–Trinajstić information content (AvgIpc) is 2.05. The van der Waals surface area contributed by atoms with Crippen LogP contribution in [0.2, 0.25) is 0 Å². The smallest absolute Gasteiger partial charge is 0.0879 e. The van der Waals surface area contributed by atoms with Gasteiger partial charge in [-0.15, -0.1) is 0 Å². The zero-order valence-corrected chi connectivity index (χ0v) is 8.27. The molecule has 0 aliphatic heterocycles. The van der Waals surface area contributed by atoms with Gasteiger partial charge < -0.3 is 5.11 Å². The van der Waals surface area contributed by atoms with Gasteiger partial charge in [0.05, 0.1) is 5.60 Å². The maximum atomic E-state index is 10.3. The molecule has 0 aromatic carbocycles. The van der Waals surface area contributed by atoms with Crippen LogP contribution in [0, 0.1) is 5.92 Å². The van der Waals surface area contributed by atoms with Crippen molar-refractivity contribution in [3.05, 3.63) is 12.2 Å². The van der Waals surface area contributed by atoms with Crippen LogP contribution in [0.4, 0.5) is 0 Å². The van der Waals surface area contributed by atoms with E-state index >= 15 is 0 Å². The van der Waals surface area contributed by atoms with Crippen molar-refractivity contribution in [3.8, 4) is 0 Å². The minimum atomic E-state index is -0.549. The summed E-state index contributed by atoms with van der Waals surface area (Å²) < 4.78 is 0. The first-order valence-electron chi connectivity index (χ1n) is 4.99. The third-order valence-electron chi connectivity index (χ3n) is 3.27. The van der Waals surface area contributed by atoms with Gasteiger partial charge in [0.25, 0.3) is 0 Å². The Balaban J connectivity index is 2.75. The number of rotatable bonds is 2. The highest BCUT2D eigenvalue weighted by Crippen LogP contribution is 2.39. The summed E-state index contributed by atoms with van der Waals surface area (Å²) in [7, 11) is 0. The lowest BCUT2D eigenvalue weighted by Gasteiger charge is -2.40. The summed E-state index contributed by atoms with van der Waals surface area (Å²) in [5.41, 5.74) is 0.404. The molecule has 1 aliphatic carbocycles. The molecule has 0 heterocycles. The maximum Gasteiger partial charge on any atom is 0.0879 e. The van der Waals surface area contributed by atoms with E-state index in [-0.39, 0.29) is 0 Å². The predicted molar refractivity (Wildman–Crippen MR) is 52.0 cm³/mol. The molecule has 12 heavy (non-hydrogen) atoms. The van der Waals surface area contributed by atoms with Crippen LogP contribution in [-0.4, -0.2) is 10.7 Å². The lowest BCUT2D eigenvalue weighted by Crippen LogP contribution is -2.41. The van der Waals surface area contributed by atoms with Crippen molar-refractivity contribution in [2.75, 3.05) is 0 Å². The van der Waals surface area contributed by atoms with Crippen molar-refractivity contribution < 1.29 is 5.11 Å². The normalized spacial score (nSPS) is 36.4. The summed E-state index contributed by atoms with van der Waals surface area (Å²) in [5, 5.41) is 10.3. The van der Waals surface area contributed by atoms with E-state index in [9.17, 15) is 5.11 Å². The molecule has 1 nitrogen and oxygen atoms in total. The molecule has 0 spiro atoms. The van der Waals surface area contributed by atoms with Gasteiger partial charge in [0.15, 0.2) is 0 Å². The Morgan fingerprint density at radius 1 is 1.58 bits per heavy atom. The predicted octanol–water partition coefficient (Wildman–Crippen LogP) is 2.89. The van der Waals surface area contributed by atoms with Crippen LogP contribution in [-0.2, 0) is 0 Å². The zero-order valence-electron chi connectivity index (χ0n) is 8.27. The summed E-state index contributed by atoms with van der Waals surface area (Å²) in [6, 6.07) is 0. The van der Waals surface area contributed by atoms with Crippen molar-refractivity contribution in [1.29, 1.82) is 0 Å². The Morgan fingerprint density at radius 3 is 2.67 bits per heavy atom. The zero-order chi connectivity index (χ0) is 9.19. The Kier molecular flexibility index (Phi) is 2.94. The fraction of sp³-hybridized carbons (Fsp3) is 0.818. The molecule has 1 aliphatic rings. The van der Waals surface area contributed by atoms with Crippen molar-refractivity contribution in [2.24, 2.45) is 5.92 Å². The Morgan fingerprint density at radius 2 is 2.25 bits per heavy atom. The van der Waals surface area contributed by atoms with Gasteiger partial charge in [-0.05, 0) is 31.3 Å². The Hall–Kier alpha value is -0.300. The van der Waals surface area contributed by atoms with E-state index in [0.29, 0.717) is 5.92 Å². The molecule has 70 valence electrons. The molecule has 1 rings (SSSR count). The second kappa shape index (κ2) is 3.61. The molecule has 2 atom stereocenters. The number of hydrogen-bond acceptors (Lipinski definition) is 1. The highest BCUT2D eigenvalue weighted by molar-refractivity contribution is 5.13. The van der Waals surface area contributed by atoms with Gasteiger partial charge >= 0.3 is 0 Å². The van der Waals surface area contributed by atoms with Gasteiger partial charge in [-0.1, -0.05) is 32.8 Å². The van der Waals surface area contributed by atoms with Crippen molar-refractivity contribution in [3.63, 3.8) is 0 Å². The van der Waals surface area contributed by atoms with Crippen LogP contribution in [0.3, 0.4) is 0 Å². The van der Waals surface area contributed by atoms with Crippen molar-refractivity contribution in [2.45, 2.75) is 51.6 Å². The van der Waals surface area contributed by atoms with Gasteiger partial charge in [0.2, 0.25) is 0 Å². The summed E-state index contributed by atoms with van der Waals surface area (Å²) >= 11 is 0. The fourth-order valence-electron chi connectivity index (χ4n) is 2.33. The minimum absolute atomic E-state index is 0.448. The van der Waals surface area contributed by atoms with Crippen LogP contribution < -0.4 is 0 Å². The molecule has 0 radical (unpaired) electrons. The first-order chi connectivity index (χ1) is 5.61. The third-order valence-corrected chi connectivity index (χ3v) is 3.27. The van der Waals surface area contributed by atoms with Crippen LogP contribution in [0.25, 0.3) is 0 Å². The van der Waals surface area contributed by atoms with Gasteiger partial charge in [-0.2, -0.15) is 0 Å². The van der Waals surface area contributed by atoms with Crippen LogP contribution >= 0.6 is 0 Å². The van der Waals surface area contributed by atoms with E-state index in [1.165, 1.54) is 12.8 Å². The monoisotopic (exact) mass is 168 g/mol. The molecule has 0 bridgehead atoms. The second-order valence-electron chi connectivity index (χ2n) is 4.06. The first-order valence-corrected chi connectivity index (χ1v) is 4.99. The molecular weight excluding hydrogens is 148 g/mol. The fourth-order valence-corrected chi connectivity index (χ4v) is 2.33. The molecule has 1 heteroatoms. The topological polar surface area (TPSA) is 20.2 Å². The second-order valence-corrected chi connectivity index (χ2v) is 4.06. The van der Waals surface area contributed by atoms with Crippen molar-refractivity contribution >= 4 is 0 Å². The quantitative estimate of drug-likeness (QED) is 0.629. The highest BCUT2D eigenvalue weighted by atomic mass is 16.3. The first kappa shape index (κ1) is 9.79. The number of hydrogen-bond donors (Lipinski definition) is 1. The highest BCUT2D eigenvalue weighted by Gasteiger charge is 2.37.